The Morgan fingerprint density at radius 1 is 1.48 bits per heavy atom. The lowest BCUT2D eigenvalue weighted by Gasteiger charge is -2.32. The first-order valence-corrected chi connectivity index (χ1v) is 7.63. The number of ether oxygens (including phenoxy) is 1. The molecule has 23 heavy (non-hydrogen) atoms. The predicted molar refractivity (Wildman–Crippen MR) is 84.7 cm³/mol. The molecule has 1 atom stereocenters. The molecule has 0 bridgehead atoms. The van der Waals surface area contributed by atoms with Crippen LogP contribution in [0.15, 0.2) is 29.5 Å². The summed E-state index contributed by atoms with van der Waals surface area (Å²) in [6.07, 6.45) is 7.04. The van der Waals surface area contributed by atoms with Crippen LogP contribution < -0.4 is 10.2 Å². The quantitative estimate of drug-likeness (QED) is 0.921. The van der Waals surface area contributed by atoms with E-state index in [9.17, 15) is 9.59 Å². The fourth-order valence-electron chi connectivity index (χ4n) is 3.05. The summed E-state index contributed by atoms with van der Waals surface area (Å²) in [5.74, 6) is 1.25. The molecule has 0 radical (unpaired) electrons. The molecular weight excluding hydrogens is 296 g/mol. The van der Waals surface area contributed by atoms with E-state index < -0.39 is 0 Å². The lowest BCUT2D eigenvalue weighted by molar-refractivity contribution is 0.0697. The van der Waals surface area contributed by atoms with Gasteiger partial charge in [-0.05, 0) is 12.8 Å². The Morgan fingerprint density at radius 3 is 2.96 bits per heavy atom. The average molecular weight is 316 g/mol. The molecule has 122 valence electrons. The number of carbonyl (C=O) groups excluding carboxylic acids is 1. The highest BCUT2D eigenvalue weighted by atomic mass is 16.5. The number of amides is 1. The van der Waals surface area contributed by atoms with Crippen LogP contribution in [0.4, 0.5) is 0 Å². The van der Waals surface area contributed by atoms with Gasteiger partial charge in [-0.1, -0.05) is 0 Å². The van der Waals surface area contributed by atoms with E-state index in [0.29, 0.717) is 13.1 Å². The summed E-state index contributed by atoms with van der Waals surface area (Å²) in [5.41, 5.74) is -0.0106. The summed E-state index contributed by atoms with van der Waals surface area (Å²) in [6.45, 7) is 1.30. The number of H-pyrrole nitrogens is 1. The third-order valence-corrected chi connectivity index (χ3v) is 4.26. The molecule has 1 fully saturated rings. The minimum absolute atomic E-state index is 0.163. The molecule has 7 heteroatoms. The van der Waals surface area contributed by atoms with Crippen molar-refractivity contribution < 1.29 is 9.53 Å². The van der Waals surface area contributed by atoms with Crippen molar-refractivity contribution in [2.45, 2.75) is 18.8 Å². The van der Waals surface area contributed by atoms with E-state index in [0.717, 1.165) is 18.7 Å². The Hall–Kier alpha value is -2.57. The van der Waals surface area contributed by atoms with E-state index in [1.807, 2.05) is 17.8 Å². The van der Waals surface area contributed by atoms with Gasteiger partial charge in [0.1, 0.15) is 11.5 Å². The van der Waals surface area contributed by atoms with Gasteiger partial charge in [0.25, 0.3) is 5.91 Å². The first-order valence-electron chi connectivity index (χ1n) is 7.63. The van der Waals surface area contributed by atoms with Crippen LogP contribution in [0.2, 0.25) is 0 Å². The average Bonchev–Trinajstić information content (AvgIpc) is 3.00. The molecule has 1 aliphatic heterocycles. The summed E-state index contributed by atoms with van der Waals surface area (Å²) in [4.78, 5) is 33.5. The van der Waals surface area contributed by atoms with Gasteiger partial charge in [-0.25, -0.2) is 4.98 Å². The monoisotopic (exact) mass is 316 g/mol. The Balaban J connectivity index is 1.78. The number of rotatable bonds is 3. The molecule has 3 rings (SSSR count). The van der Waals surface area contributed by atoms with Gasteiger partial charge in [0.05, 0.1) is 7.11 Å². The van der Waals surface area contributed by atoms with Crippen molar-refractivity contribution in [2.75, 3.05) is 20.2 Å². The summed E-state index contributed by atoms with van der Waals surface area (Å²) in [7, 11) is 3.39. The molecule has 2 aromatic rings. The SMILES string of the molecule is COc1c[nH]c(C(=O)N2CCC[C@H](c3nccn3C)C2)cc1=O. The second-order valence-electron chi connectivity index (χ2n) is 5.77. The Morgan fingerprint density at radius 2 is 2.30 bits per heavy atom. The number of aromatic nitrogens is 3. The number of aromatic amines is 1. The summed E-state index contributed by atoms with van der Waals surface area (Å²) < 4.78 is 6.92. The van der Waals surface area contributed by atoms with Gasteiger partial charge in [-0.2, -0.15) is 0 Å². The molecular formula is C16H20N4O3. The maximum Gasteiger partial charge on any atom is 0.270 e. The molecule has 3 heterocycles. The maximum atomic E-state index is 12.6. The molecule has 0 aliphatic carbocycles. The van der Waals surface area contributed by atoms with Crippen molar-refractivity contribution in [1.82, 2.24) is 19.4 Å². The molecule has 0 aromatic carbocycles. The highest BCUT2D eigenvalue weighted by Gasteiger charge is 2.28. The number of carbonyl (C=O) groups is 1. The maximum absolute atomic E-state index is 12.6. The van der Waals surface area contributed by atoms with Crippen molar-refractivity contribution >= 4 is 5.91 Å². The van der Waals surface area contributed by atoms with Crippen molar-refractivity contribution in [3.05, 3.63) is 46.4 Å². The van der Waals surface area contributed by atoms with E-state index in [4.69, 9.17) is 4.74 Å². The molecule has 0 unspecified atom stereocenters. The number of nitrogens with one attached hydrogen (secondary N) is 1. The second kappa shape index (κ2) is 6.28. The van der Waals surface area contributed by atoms with Crippen molar-refractivity contribution in [3.8, 4) is 5.75 Å². The van der Waals surface area contributed by atoms with Crippen LogP contribution in [-0.2, 0) is 7.05 Å². The van der Waals surface area contributed by atoms with Crippen LogP contribution in [0.25, 0.3) is 0 Å². The number of methoxy groups -OCH3 is 1. The highest BCUT2D eigenvalue weighted by Crippen LogP contribution is 2.26. The molecule has 7 nitrogen and oxygen atoms in total. The van der Waals surface area contributed by atoms with Gasteiger partial charge in [0.2, 0.25) is 5.43 Å². The molecule has 1 N–H and O–H groups in total. The van der Waals surface area contributed by atoms with Gasteiger partial charge >= 0.3 is 0 Å². The Bertz CT molecular complexity index is 765. The topological polar surface area (TPSA) is 80.2 Å². The van der Waals surface area contributed by atoms with Gasteiger partial charge in [0, 0.05) is 50.7 Å². The minimum atomic E-state index is -0.299. The normalized spacial score (nSPS) is 18.0. The zero-order valence-electron chi connectivity index (χ0n) is 13.3. The molecule has 1 amide bonds. The van der Waals surface area contributed by atoms with Crippen LogP contribution in [0, 0.1) is 0 Å². The third kappa shape index (κ3) is 2.99. The van der Waals surface area contributed by atoms with E-state index in [2.05, 4.69) is 9.97 Å². The lowest BCUT2D eigenvalue weighted by Crippen LogP contribution is -2.40. The fraction of sp³-hybridized carbons (Fsp3) is 0.438. The first-order chi connectivity index (χ1) is 11.1. The first kappa shape index (κ1) is 15.3. The summed E-state index contributed by atoms with van der Waals surface area (Å²) in [6, 6.07) is 1.30. The summed E-state index contributed by atoms with van der Waals surface area (Å²) in [5, 5.41) is 0. The van der Waals surface area contributed by atoms with Crippen molar-refractivity contribution in [3.63, 3.8) is 0 Å². The van der Waals surface area contributed by atoms with Crippen molar-refractivity contribution in [1.29, 1.82) is 0 Å². The van der Waals surface area contributed by atoms with E-state index in [1.165, 1.54) is 19.4 Å². The van der Waals surface area contributed by atoms with Gasteiger partial charge < -0.3 is 19.2 Å². The van der Waals surface area contributed by atoms with Gasteiger partial charge in [-0.3, -0.25) is 9.59 Å². The van der Waals surface area contributed by atoms with E-state index in [-0.39, 0.29) is 28.7 Å². The fourth-order valence-corrected chi connectivity index (χ4v) is 3.05. The van der Waals surface area contributed by atoms with Crippen LogP contribution in [-0.4, -0.2) is 45.5 Å². The van der Waals surface area contributed by atoms with Gasteiger partial charge in [0.15, 0.2) is 5.75 Å². The zero-order valence-corrected chi connectivity index (χ0v) is 13.3. The van der Waals surface area contributed by atoms with Gasteiger partial charge in [-0.15, -0.1) is 0 Å². The van der Waals surface area contributed by atoms with Crippen LogP contribution in [0.5, 0.6) is 5.75 Å². The van der Waals surface area contributed by atoms with Crippen LogP contribution in [0.3, 0.4) is 0 Å². The molecule has 0 spiro atoms. The Kier molecular flexibility index (Phi) is 4.18. The molecule has 2 aromatic heterocycles. The van der Waals surface area contributed by atoms with E-state index >= 15 is 0 Å². The van der Waals surface area contributed by atoms with Crippen molar-refractivity contribution in [2.24, 2.45) is 7.05 Å². The lowest BCUT2D eigenvalue weighted by atomic mass is 9.97. The second-order valence-corrected chi connectivity index (χ2v) is 5.77. The number of hydrogen-bond acceptors (Lipinski definition) is 4. The number of aryl methyl sites for hydroxylation is 1. The molecule has 1 aliphatic rings. The summed E-state index contributed by atoms with van der Waals surface area (Å²) >= 11 is 0. The molecule has 0 saturated carbocycles. The highest BCUT2D eigenvalue weighted by molar-refractivity contribution is 5.92. The largest absolute Gasteiger partial charge is 0.491 e. The number of likely N-dealkylation sites (tertiary alicyclic amines) is 1. The Labute approximate surface area is 133 Å². The van der Waals surface area contributed by atoms with Crippen LogP contribution in [0.1, 0.15) is 35.1 Å². The number of hydrogen-bond donors (Lipinski definition) is 1. The predicted octanol–water partition coefficient (Wildman–Crippen LogP) is 1.14. The number of piperidine rings is 1. The standard InChI is InChI=1S/C16H20N4O3/c1-19-7-5-17-15(19)11-4-3-6-20(10-11)16(22)12-8-13(21)14(23-2)9-18-12/h5,7-9,11H,3-4,6,10H2,1-2H3,(H,18,21)/t11-/m0/s1. The number of pyridine rings is 1. The molecule has 1 saturated heterocycles. The smallest absolute Gasteiger partial charge is 0.270 e. The number of imidazole rings is 1. The van der Waals surface area contributed by atoms with Crippen LogP contribution >= 0.6 is 0 Å². The minimum Gasteiger partial charge on any atom is -0.491 e. The number of nitrogens with zero attached hydrogens (tertiary/aromatic N) is 3. The third-order valence-electron chi connectivity index (χ3n) is 4.26. The van der Waals surface area contributed by atoms with E-state index in [1.54, 1.807) is 11.1 Å². The zero-order chi connectivity index (χ0) is 16.4.